The van der Waals surface area contributed by atoms with Gasteiger partial charge in [0.25, 0.3) is 5.95 Å². The molecule has 0 aliphatic carbocycles. The third-order valence-corrected chi connectivity index (χ3v) is 3.53. The van der Waals surface area contributed by atoms with Gasteiger partial charge in [-0.3, -0.25) is 10.1 Å². The molecule has 0 saturated carbocycles. The predicted octanol–water partition coefficient (Wildman–Crippen LogP) is 1.89. The van der Waals surface area contributed by atoms with Crippen LogP contribution in [-0.2, 0) is 0 Å². The normalized spacial score (nSPS) is 11.3. The number of para-hydroxylation sites is 1. The smallest absolute Gasteiger partial charge is 0.311 e. The van der Waals surface area contributed by atoms with Gasteiger partial charge >= 0.3 is 5.69 Å². The number of phenolic OH excluding ortho intramolecular Hbond substituents is 1. The van der Waals surface area contributed by atoms with Crippen LogP contribution < -0.4 is 0 Å². The van der Waals surface area contributed by atoms with Crippen LogP contribution in [0, 0.1) is 30.9 Å². The molecular weight excluding hydrogens is 326 g/mol. The summed E-state index contributed by atoms with van der Waals surface area (Å²) in [7, 11) is 0. The second-order valence-electron chi connectivity index (χ2n) is 5.41. The largest absolute Gasteiger partial charge is 0.502 e. The van der Waals surface area contributed by atoms with Crippen molar-refractivity contribution in [1.29, 1.82) is 0 Å². The van der Waals surface area contributed by atoms with Crippen molar-refractivity contribution in [3.05, 3.63) is 57.2 Å². The third kappa shape index (κ3) is 2.96. The maximum atomic E-state index is 10.9. The number of nitro groups is 1. The number of aromatic hydroxyl groups is 1. The first-order valence-electron chi connectivity index (χ1n) is 7.35. The number of aromatic nitrogens is 5. The summed E-state index contributed by atoms with van der Waals surface area (Å²) in [6.45, 7) is 5.46. The Kier molecular flexibility index (Phi) is 4.01. The summed E-state index contributed by atoms with van der Waals surface area (Å²) in [4.78, 5) is 10.2. The lowest BCUT2D eigenvalue weighted by Crippen LogP contribution is -2.08. The number of benzene rings is 1. The van der Waals surface area contributed by atoms with Crippen molar-refractivity contribution in [1.82, 2.24) is 24.7 Å². The lowest BCUT2D eigenvalue weighted by atomic mass is 10.2. The Labute approximate surface area is 142 Å². The molecule has 1 aromatic carbocycles. The monoisotopic (exact) mass is 341 g/mol. The van der Waals surface area contributed by atoms with E-state index in [2.05, 4.69) is 20.4 Å². The maximum absolute atomic E-state index is 10.9. The summed E-state index contributed by atoms with van der Waals surface area (Å²) in [5.74, 6) is 0.433. The molecule has 2 heterocycles. The average Bonchev–Trinajstić information content (AvgIpc) is 3.07. The number of aryl methyl sites for hydroxylation is 3. The highest BCUT2D eigenvalue weighted by molar-refractivity contribution is 5.85. The molecule has 0 unspecified atom stereocenters. The van der Waals surface area contributed by atoms with Gasteiger partial charge in [0.2, 0.25) is 5.75 Å². The Morgan fingerprint density at radius 2 is 2.04 bits per heavy atom. The van der Waals surface area contributed by atoms with Crippen molar-refractivity contribution < 1.29 is 10.0 Å². The van der Waals surface area contributed by atoms with Gasteiger partial charge in [0.15, 0.2) is 5.82 Å². The standard InChI is InChI=1S/C15H15N7O3/c1-9-7-10(2)20(19-9)15-18-17-11(3)21(15)16-8-12-5-4-6-13(14(12)23)22(24)25/h4-8,23H,1-3H3/b16-8+. The molecular formula is C15H15N7O3. The lowest BCUT2D eigenvalue weighted by Gasteiger charge is -2.04. The van der Waals surface area contributed by atoms with Crippen molar-refractivity contribution in [2.75, 3.05) is 0 Å². The fourth-order valence-corrected chi connectivity index (χ4v) is 2.37. The first kappa shape index (κ1) is 16.3. The SMILES string of the molecule is Cc1cc(C)n(-c2nnc(C)n2/N=C/c2cccc([N+](=O)[O-])c2O)n1. The van der Waals surface area contributed by atoms with Crippen LogP contribution in [0.1, 0.15) is 22.8 Å². The fourth-order valence-electron chi connectivity index (χ4n) is 2.37. The number of rotatable bonds is 4. The molecule has 10 heteroatoms. The Balaban J connectivity index is 2.04. The van der Waals surface area contributed by atoms with E-state index in [1.54, 1.807) is 11.6 Å². The van der Waals surface area contributed by atoms with Gasteiger partial charge in [-0.25, -0.2) is 4.68 Å². The quantitative estimate of drug-likeness (QED) is 0.439. The molecule has 0 atom stereocenters. The molecule has 0 radical (unpaired) electrons. The van der Waals surface area contributed by atoms with Crippen LogP contribution in [0.15, 0.2) is 29.4 Å². The van der Waals surface area contributed by atoms with Gasteiger partial charge in [-0.05, 0) is 32.9 Å². The number of nitro benzene ring substituents is 1. The minimum Gasteiger partial charge on any atom is -0.502 e. The van der Waals surface area contributed by atoms with Gasteiger partial charge in [0.05, 0.1) is 16.8 Å². The fraction of sp³-hybridized carbons (Fsp3) is 0.200. The molecule has 0 amide bonds. The molecule has 1 N–H and O–H groups in total. The van der Waals surface area contributed by atoms with E-state index in [9.17, 15) is 15.2 Å². The van der Waals surface area contributed by atoms with E-state index in [4.69, 9.17) is 0 Å². The van der Waals surface area contributed by atoms with Gasteiger partial charge in [-0.15, -0.1) is 10.2 Å². The van der Waals surface area contributed by atoms with Crippen LogP contribution in [0.2, 0.25) is 0 Å². The summed E-state index contributed by atoms with van der Waals surface area (Å²) in [5.41, 5.74) is 1.51. The van der Waals surface area contributed by atoms with Crippen LogP contribution in [0.5, 0.6) is 5.75 Å². The zero-order valence-electron chi connectivity index (χ0n) is 13.8. The van der Waals surface area contributed by atoms with Crippen LogP contribution in [0.25, 0.3) is 5.95 Å². The number of hydrogen-bond acceptors (Lipinski definition) is 7. The maximum Gasteiger partial charge on any atom is 0.311 e. The van der Waals surface area contributed by atoms with Gasteiger partial charge < -0.3 is 5.11 Å². The predicted molar refractivity (Wildman–Crippen MR) is 89.1 cm³/mol. The Morgan fingerprint density at radius 3 is 2.68 bits per heavy atom. The van der Waals surface area contributed by atoms with E-state index in [0.717, 1.165) is 11.4 Å². The molecule has 25 heavy (non-hydrogen) atoms. The zero-order valence-corrected chi connectivity index (χ0v) is 13.8. The molecule has 0 spiro atoms. The number of nitrogens with zero attached hydrogens (tertiary/aromatic N) is 7. The van der Waals surface area contributed by atoms with Gasteiger partial charge in [0, 0.05) is 17.3 Å². The van der Waals surface area contributed by atoms with Crippen molar-refractivity contribution in [3.63, 3.8) is 0 Å². The van der Waals surface area contributed by atoms with Crippen molar-refractivity contribution in [3.8, 4) is 11.7 Å². The summed E-state index contributed by atoms with van der Waals surface area (Å²) in [5, 5.41) is 37.6. The van der Waals surface area contributed by atoms with Gasteiger partial charge in [0.1, 0.15) is 0 Å². The summed E-state index contributed by atoms with van der Waals surface area (Å²) in [6.07, 6.45) is 1.31. The van der Waals surface area contributed by atoms with E-state index in [1.165, 1.54) is 29.1 Å². The molecule has 0 aliphatic heterocycles. The van der Waals surface area contributed by atoms with Gasteiger partial charge in [-0.1, -0.05) is 6.07 Å². The number of phenols is 1. The molecule has 0 bridgehead atoms. The molecule has 0 saturated heterocycles. The molecule has 0 aliphatic rings. The van der Waals surface area contributed by atoms with Crippen molar-refractivity contribution in [2.24, 2.45) is 5.10 Å². The van der Waals surface area contributed by atoms with E-state index in [1.807, 2.05) is 19.9 Å². The minimum absolute atomic E-state index is 0.210. The van der Waals surface area contributed by atoms with E-state index >= 15 is 0 Å². The van der Waals surface area contributed by atoms with Crippen LogP contribution in [0.3, 0.4) is 0 Å². The van der Waals surface area contributed by atoms with E-state index in [-0.39, 0.29) is 11.3 Å². The second kappa shape index (κ2) is 6.15. The van der Waals surface area contributed by atoms with E-state index in [0.29, 0.717) is 11.8 Å². The average molecular weight is 341 g/mol. The minimum atomic E-state index is -0.655. The first-order chi connectivity index (χ1) is 11.9. The molecule has 3 rings (SSSR count). The van der Waals surface area contributed by atoms with Crippen molar-refractivity contribution in [2.45, 2.75) is 20.8 Å². The topological polar surface area (TPSA) is 124 Å². The highest BCUT2D eigenvalue weighted by atomic mass is 16.6. The lowest BCUT2D eigenvalue weighted by molar-refractivity contribution is -0.385. The third-order valence-electron chi connectivity index (χ3n) is 3.53. The summed E-state index contributed by atoms with van der Waals surface area (Å²) < 4.78 is 3.04. The number of hydrogen-bond donors (Lipinski definition) is 1. The Hall–Kier alpha value is -3.56. The summed E-state index contributed by atoms with van der Waals surface area (Å²) >= 11 is 0. The van der Waals surface area contributed by atoms with Gasteiger partial charge in [-0.2, -0.15) is 14.9 Å². The molecule has 10 nitrogen and oxygen atoms in total. The van der Waals surface area contributed by atoms with Crippen LogP contribution in [-0.4, -0.2) is 40.9 Å². The second-order valence-corrected chi connectivity index (χ2v) is 5.41. The molecule has 2 aromatic heterocycles. The van der Waals surface area contributed by atoms with Crippen LogP contribution >= 0.6 is 0 Å². The highest BCUT2D eigenvalue weighted by Crippen LogP contribution is 2.28. The Morgan fingerprint density at radius 1 is 1.28 bits per heavy atom. The first-order valence-corrected chi connectivity index (χ1v) is 7.35. The van der Waals surface area contributed by atoms with Crippen molar-refractivity contribution >= 4 is 11.9 Å². The van der Waals surface area contributed by atoms with Crippen LogP contribution in [0.4, 0.5) is 5.69 Å². The highest BCUT2D eigenvalue weighted by Gasteiger charge is 2.16. The van der Waals surface area contributed by atoms with E-state index < -0.39 is 10.7 Å². The molecule has 128 valence electrons. The zero-order chi connectivity index (χ0) is 18.1. The summed E-state index contributed by atoms with van der Waals surface area (Å²) in [6, 6.07) is 6.11. The molecule has 0 fully saturated rings. The molecule has 3 aromatic rings. The Bertz CT molecular complexity index is 987.